The minimum atomic E-state index is -0.451. The minimum Gasteiger partial charge on any atom is -0.444 e. The highest BCUT2D eigenvalue weighted by molar-refractivity contribution is 9.09. The summed E-state index contributed by atoms with van der Waals surface area (Å²) in [7, 11) is 0. The van der Waals surface area contributed by atoms with Crippen molar-refractivity contribution in [2.75, 3.05) is 64.2 Å². The van der Waals surface area contributed by atoms with Crippen molar-refractivity contribution >= 4 is 28.1 Å². The van der Waals surface area contributed by atoms with Gasteiger partial charge in [0.25, 0.3) is 0 Å². The van der Waals surface area contributed by atoms with E-state index < -0.39 is 11.2 Å². The van der Waals surface area contributed by atoms with Gasteiger partial charge in [0.2, 0.25) is 0 Å². The third-order valence-corrected chi connectivity index (χ3v) is 8.58. The predicted molar refractivity (Wildman–Crippen MR) is 150 cm³/mol. The van der Waals surface area contributed by atoms with Crippen molar-refractivity contribution in [1.82, 2.24) is 19.6 Å². The molecule has 4 rings (SSSR count). The molecule has 0 radical (unpaired) electrons. The van der Waals surface area contributed by atoms with E-state index in [1.54, 1.807) is 4.90 Å². The fourth-order valence-corrected chi connectivity index (χ4v) is 5.86. The number of ether oxygens (including phenoxy) is 2. The molecular weight excluding hydrogens is 554 g/mol. The number of hydrogen-bond donors (Lipinski definition) is 0. The maximum absolute atomic E-state index is 12.0. The van der Waals surface area contributed by atoms with Gasteiger partial charge in [0.15, 0.2) is 0 Å². The molecule has 4 fully saturated rings. The van der Waals surface area contributed by atoms with Crippen LogP contribution in [0.1, 0.15) is 67.2 Å². The predicted octanol–water partition coefficient (Wildman–Crippen LogP) is 4.85. The SMILES string of the molecule is CC(C)(C)OC(=O)N1CCN(C2(CBr)CC2)CC1.CC(C)(C)OC(=O)N1CCN(C2(CN=[N+]=[N-])CC2)CC1. The van der Waals surface area contributed by atoms with E-state index in [1.807, 2.05) is 46.4 Å². The van der Waals surface area contributed by atoms with Gasteiger partial charge in [-0.2, -0.15) is 0 Å². The number of alkyl halides is 1. The minimum absolute atomic E-state index is 0.0618. The van der Waals surface area contributed by atoms with Crippen molar-refractivity contribution in [3.63, 3.8) is 0 Å². The normalized spacial score (nSPS) is 22.9. The van der Waals surface area contributed by atoms with Gasteiger partial charge in [0, 0.05) is 80.2 Å². The van der Waals surface area contributed by atoms with Crippen LogP contribution in [0.4, 0.5) is 9.59 Å². The van der Waals surface area contributed by atoms with Crippen LogP contribution in [0, 0.1) is 0 Å². The Hall–Kier alpha value is -1.75. The highest BCUT2D eigenvalue weighted by Gasteiger charge is 2.49. The summed E-state index contributed by atoms with van der Waals surface area (Å²) >= 11 is 3.61. The van der Waals surface area contributed by atoms with Gasteiger partial charge in [-0.05, 0) is 72.8 Å². The molecule has 0 aromatic rings. The lowest BCUT2D eigenvalue weighted by Crippen LogP contribution is -2.54. The zero-order chi connectivity index (χ0) is 28.2. The third-order valence-electron chi connectivity index (χ3n) is 7.54. The number of carbonyl (C=O) groups is 2. The Bertz CT molecular complexity index is 873. The summed E-state index contributed by atoms with van der Waals surface area (Å²) in [6.45, 7) is 18.4. The second-order valence-corrected chi connectivity index (χ2v) is 13.4. The van der Waals surface area contributed by atoms with Crippen LogP contribution < -0.4 is 0 Å². The van der Waals surface area contributed by atoms with Crippen molar-refractivity contribution < 1.29 is 19.1 Å². The average molecular weight is 601 g/mol. The summed E-state index contributed by atoms with van der Waals surface area (Å²) in [5.41, 5.74) is 8.05. The lowest BCUT2D eigenvalue weighted by Gasteiger charge is -2.39. The van der Waals surface area contributed by atoms with Gasteiger partial charge in [-0.15, -0.1) is 0 Å². The van der Waals surface area contributed by atoms with Gasteiger partial charge in [-0.3, -0.25) is 9.80 Å². The van der Waals surface area contributed by atoms with Crippen LogP contribution >= 0.6 is 15.9 Å². The molecule has 0 atom stereocenters. The maximum Gasteiger partial charge on any atom is 0.410 e. The summed E-state index contributed by atoms with van der Waals surface area (Å²) in [6, 6.07) is 0. The van der Waals surface area contributed by atoms with E-state index in [-0.39, 0.29) is 17.7 Å². The second kappa shape index (κ2) is 12.2. The first-order chi connectivity index (χ1) is 17.7. The van der Waals surface area contributed by atoms with Gasteiger partial charge in [-0.1, -0.05) is 21.0 Å². The standard InChI is InChI=1S/C13H23BrN2O2.C13H23N5O2/c1-12(2,3)18-11(17)15-6-8-16(9-7-15)13(10-14)4-5-13;1-12(2,3)20-11(19)17-6-8-18(9-7-17)13(4-5-13)10-15-16-14/h4-10H2,1-3H3;4-10H2,1-3H3. The monoisotopic (exact) mass is 599 g/mol. The van der Waals surface area contributed by atoms with Gasteiger partial charge in [-0.25, -0.2) is 9.59 Å². The lowest BCUT2D eigenvalue weighted by molar-refractivity contribution is 0.00856. The third kappa shape index (κ3) is 8.63. The lowest BCUT2D eigenvalue weighted by atomic mass is 10.2. The molecule has 0 aromatic carbocycles. The molecule has 2 saturated heterocycles. The second-order valence-electron chi connectivity index (χ2n) is 12.9. The van der Waals surface area contributed by atoms with Crippen LogP contribution in [-0.2, 0) is 9.47 Å². The highest BCUT2D eigenvalue weighted by Crippen LogP contribution is 2.44. The molecule has 4 aliphatic rings. The molecule has 11 nitrogen and oxygen atoms in total. The number of carbonyl (C=O) groups excluding carboxylic acids is 2. The van der Waals surface area contributed by atoms with Crippen molar-refractivity contribution in [3.05, 3.63) is 10.4 Å². The molecule has 2 heterocycles. The molecule has 0 aromatic heterocycles. The summed E-state index contributed by atoms with van der Waals surface area (Å²) in [5.74, 6) is 0. The summed E-state index contributed by atoms with van der Waals surface area (Å²) in [5, 5.41) is 4.77. The van der Waals surface area contributed by atoms with E-state index in [9.17, 15) is 9.59 Å². The molecule has 2 saturated carbocycles. The molecule has 2 aliphatic heterocycles. The number of amides is 2. The Morgan fingerprint density at radius 1 is 0.763 bits per heavy atom. The number of hydrogen-bond acceptors (Lipinski definition) is 7. The Kier molecular flexibility index (Phi) is 9.87. The van der Waals surface area contributed by atoms with Crippen LogP contribution in [-0.4, -0.2) is 118 Å². The Morgan fingerprint density at radius 3 is 1.42 bits per heavy atom. The zero-order valence-corrected chi connectivity index (χ0v) is 25.6. The van der Waals surface area contributed by atoms with Crippen LogP contribution in [0.25, 0.3) is 10.4 Å². The fraction of sp³-hybridized carbons (Fsp3) is 0.923. The van der Waals surface area contributed by atoms with E-state index >= 15 is 0 Å². The number of halogens is 1. The first kappa shape index (κ1) is 30.8. The van der Waals surface area contributed by atoms with Crippen LogP contribution in [0.5, 0.6) is 0 Å². The molecule has 12 heteroatoms. The van der Waals surface area contributed by atoms with Gasteiger partial charge in [0.05, 0.1) is 0 Å². The summed E-state index contributed by atoms with van der Waals surface area (Å²) in [6.07, 6.45) is 4.31. The molecule has 0 bridgehead atoms. The van der Waals surface area contributed by atoms with E-state index in [4.69, 9.17) is 15.0 Å². The molecular formula is C26H46BrN7O4. The quantitative estimate of drug-likeness (QED) is 0.193. The Morgan fingerprint density at radius 2 is 1.13 bits per heavy atom. The fourth-order valence-electron chi connectivity index (χ4n) is 4.94. The van der Waals surface area contributed by atoms with E-state index in [1.165, 1.54) is 12.8 Å². The molecule has 0 unspecified atom stereocenters. The van der Waals surface area contributed by atoms with Gasteiger partial charge < -0.3 is 19.3 Å². The smallest absolute Gasteiger partial charge is 0.410 e. The molecule has 0 N–H and O–H groups in total. The zero-order valence-electron chi connectivity index (χ0n) is 24.0. The van der Waals surface area contributed by atoms with Crippen molar-refractivity contribution in [1.29, 1.82) is 0 Å². The first-order valence-electron chi connectivity index (χ1n) is 13.8. The molecule has 38 heavy (non-hydrogen) atoms. The molecule has 2 aliphatic carbocycles. The molecule has 2 amide bonds. The summed E-state index contributed by atoms with van der Waals surface area (Å²) < 4.78 is 10.8. The van der Waals surface area contributed by atoms with Crippen molar-refractivity contribution in [2.45, 2.75) is 89.5 Å². The Labute approximate surface area is 235 Å². The van der Waals surface area contributed by atoms with Gasteiger partial charge >= 0.3 is 12.2 Å². The number of nitrogens with zero attached hydrogens (tertiary/aromatic N) is 7. The molecule has 0 spiro atoms. The van der Waals surface area contributed by atoms with Crippen LogP contribution in [0.15, 0.2) is 5.11 Å². The van der Waals surface area contributed by atoms with E-state index in [0.717, 1.165) is 57.4 Å². The van der Waals surface area contributed by atoms with Crippen molar-refractivity contribution in [3.8, 4) is 0 Å². The van der Waals surface area contributed by atoms with E-state index in [0.29, 0.717) is 25.2 Å². The number of rotatable bonds is 5. The van der Waals surface area contributed by atoms with Crippen LogP contribution in [0.2, 0.25) is 0 Å². The highest BCUT2D eigenvalue weighted by atomic mass is 79.9. The average Bonchev–Trinajstić information content (AvgIpc) is 3.77. The Balaban J connectivity index is 0.000000212. The summed E-state index contributed by atoms with van der Waals surface area (Å²) in [4.78, 5) is 35.2. The van der Waals surface area contributed by atoms with E-state index in [2.05, 4.69) is 35.8 Å². The largest absolute Gasteiger partial charge is 0.444 e. The van der Waals surface area contributed by atoms with Gasteiger partial charge in [0.1, 0.15) is 11.2 Å². The number of piperazine rings is 2. The topological polar surface area (TPSA) is 114 Å². The maximum atomic E-state index is 12.0. The number of azide groups is 1. The van der Waals surface area contributed by atoms with Crippen LogP contribution in [0.3, 0.4) is 0 Å². The first-order valence-corrected chi connectivity index (χ1v) is 14.9. The van der Waals surface area contributed by atoms with Crippen molar-refractivity contribution in [2.24, 2.45) is 5.11 Å². The molecule has 216 valence electrons.